The Kier molecular flexibility index (Phi) is 9.76. The van der Waals surface area contributed by atoms with Crippen molar-refractivity contribution in [3.05, 3.63) is 23.5 Å². The summed E-state index contributed by atoms with van der Waals surface area (Å²) in [6.07, 6.45) is -5.64. The fourth-order valence-corrected chi connectivity index (χ4v) is 11.0. The average Bonchev–Trinajstić information content (AvgIpc) is 3.51. The minimum Gasteiger partial charge on any atom is -0.477 e. The van der Waals surface area contributed by atoms with E-state index >= 15 is 13.2 Å². The number of ether oxygens (including phenoxy) is 6. The Hall–Kier alpha value is -1.99. The molecule has 0 aromatic heterocycles. The number of fused-ring (bicyclic) bond motifs is 4. The predicted molar refractivity (Wildman–Crippen MR) is 173 cm³/mol. The standard InChI is InChI=1S/C37H49F6NO10/c1-19-9-11-27-23(29(36(38,39)40)48-30-34(27)24(19)12-13-28(47-30)51-53-34)18-45-16-6-7-17-46-22(4)44-35(37(41,42)43)21(3)26-10-8-20(2)25-14-15-32(5)49-31(50-35)33(25,26)54-52-32/h6-7,19-21,24-28,30-31H,8-18H2,1-5H3/b7-6+,44-22?/t19-,20-,21-,24?,25?,26+,27+,28-,30+,31+,32-,33?,34-,35-/m1/s1. The van der Waals surface area contributed by atoms with E-state index in [0.717, 1.165) is 6.42 Å². The van der Waals surface area contributed by atoms with Crippen molar-refractivity contribution in [3.8, 4) is 0 Å². The summed E-state index contributed by atoms with van der Waals surface area (Å²) in [6, 6.07) is 0. The first-order valence-electron chi connectivity index (χ1n) is 19.1. The van der Waals surface area contributed by atoms with Gasteiger partial charge in [0, 0.05) is 49.0 Å². The maximum absolute atomic E-state index is 15.2. The van der Waals surface area contributed by atoms with Gasteiger partial charge in [0.05, 0.1) is 13.2 Å². The van der Waals surface area contributed by atoms with Crippen LogP contribution in [0.4, 0.5) is 26.3 Å². The van der Waals surface area contributed by atoms with Gasteiger partial charge in [0.1, 0.15) is 6.61 Å². The molecule has 0 N–H and O–H groups in total. The van der Waals surface area contributed by atoms with E-state index in [1.54, 1.807) is 6.92 Å². The van der Waals surface area contributed by atoms with Crippen molar-refractivity contribution in [2.75, 3.05) is 19.8 Å². The summed E-state index contributed by atoms with van der Waals surface area (Å²) in [6.45, 7) is 7.88. The maximum atomic E-state index is 15.2. The summed E-state index contributed by atoms with van der Waals surface area (Å²) in [5, 5.41) is 0. The molecular formula is C37H49F6NO10. The number of halogens is 6. The van der Waals surface area contributed by atoms with Crippen molar-refractivity contribution in [1.29, 1.82) is 0 Å². The van der Waals surface area contributed by atoms with E-state index in [9.17, 15) is 13.2 Å². The van der Waals surface area contributed by atoms with Crippen molar-refractivity contribution in [3.63, 3.8) is 0 Å². The van der Waals surface area contributed by atoms with E-state index in [4.69, 9.17) is 48.0 Å². The number of alkyl halides is 6. The molecule has 8 heterocycles. The summed E-state index contributed by atoms with van der Waals surface area (Å²) in [7, 11) is 0. The Morgan fingerprint density at radius 2 is 1.52 bits per heavy atom. The van der Waals surface area contributed by atoms with E-state index in [0.29, 0.717) is 44.9 Å². The highest BCUT2D eigenvalue weighted by Crippen LogP contribution is 2.65. The highest BCUT2D eigenvalue weighted by atomic mass is 19.4. The molecular weight excluding hydrogens is 732 g/mol. The fraction of sp³-hybridized carbons (Fsp3) is 0.865. The molecule has 54 heavy (non-hydrogen) atoms. The van der Waals surface area contributed by atoms with Crippen molar-refractivity contribution >= 4 is 5.90 Å². The topological polar surface area (TPSA) is 105 Å². The molecule has 2 aliphatic carbocycles. The fourth-order valence-electron chi connectivity index (χ4n) is 11.0. The zero-order valence-corrected chi connectivity index (χ0v) is 31.0. The quantitative estimate of drug-likeness (QED) is 0.0635. The first-order valence-corrected chi connectivity index (χ1v) is 19.1. The average molecular weight is 782 g/mol. The molecule has 14 atom stereocenters. The lowest BCUT2D eigenvalue weighted by atomic mass is 9.56. The lowest BCUT2D eigenvalue weighted by Crippen LogP contribution is -2.75. The highest BCUT2D eigenvalue weighted by Gasteiger charge is 2.77. The number of hydrogen-bond acceptors (Lipinski definition) is 11. The van der Waals surface area contributed by atoms with Crippen LogP contribution in [0.25, 0.3) is 0 Å². The SMILES string of the molecule is CC(=N[C@@]1(C(F)(F)F)O[C@@H]2O[C@@]3(C)CCC4[C@H](C)CC[C@@H]([C@H]1C)C42OO3)OC/C=C/COCC1=C(C(F)(F)F)O[C@@H]2O[C@H]3CCC4[C@H](C)CC[C@@H]1[C@]42OO3. The van der Waals surface area contributed by atoms with E-state index in [2.05, 4.69) is 18.8 Å². The van der Waals surface area contributed by atoms with Crippen LogP contribution in [0.2, 0.25) is 0 Å². The van der Waals surface area contributed by atoms with E-state index < -0.39 is 84.1 Å². The summed E-state index contributed by atoms with van der Waals surface area (Å²) in [4.78, 5) is 27.2. The number of rotatable bonds is 7. The molecule has 9 fully saturated rings. The Balaban J connectivity index is 0.943. The first kappa shape index (κ1) is 38.9. The monoisotopic (exact) mass is 781 g/mol. The summed E-state index contributed by atoms with van der Waals surface area (Å²) >= 11 is 0. The van der Waals surface area contributed by atoms with Gasteiger partial charge in [-0.1, -0.05) is 26.8 Å². The van der Waals surface area contributed by atoms with Gasteiger partial charge in [-0.3, -0.25) is 0 Å². The minimum atomic E-state index is -4.93. The molecule has 10 rings (SSSR count). The van der Waals surface area contributed by atoms with Crippen LogP contribution in [0.15, 0.2) is 28.5 Å². The van der Waals surface area contributed by atoms with Gasteiger partial charge >= 0.3 is 12.4 Å². The van der Waals surface area contributed by atoms with Crippen LogP contribution in [0.5, 0.6) is 0 Å². The molecule has 0 radical (unpaired) electrons. The Labute approximate surface area is 309 Å². The second-order valence-corrected chi connectivity index (χ2v) is 16.6. The molecule has 11 nitrogen and oxygen atoms in total. The van der Waals surface area contributed by atoms with Crippen molar-refractivity contribution in [1.82, 2.24) is 0 Å². The summed E-state index contributed by atoms with van der Waals surface area (Å²) in [5.41, 5.74) is -5.48. The highest BCUT2D eigenvalue weighted by molar-refractivity contribution is 5.73. The van der Waals surface area contributed by atoms with Gasteiger partial charge in [0.15, 0.2) is 29.7 Å². The van der Waals surface area contributed by atoms with Gasteiger partial charge in [-0.2, -0.15) is 26.3 Å². The molecule has 7 saturated heterocycles. The third-order valence-electron chi connectivity index (χ3n) is 13.6. The molecule has 0 amide bonds. The molecule has 2 spiro atoms. The molecule has 3 unspecified atom stereocenters. The normalized spacial score (nSPS) is 47.5. The third-order valence-corrected chi connectivity index (χ3v) is 13.6. The van der Waals surface area contributed by atoms with Gasteiger partial charge in [0.25, 0.3) is 5.72 Å². The molecule has 0 aromatic rings. The van der Waals surface area contributed by atoms with Crippen LogP contribution in [0.1, 0.15) is 86.0 Å². The lowest BCUT2D eigenvalue weighted by Gasteiger charge is -2.62. The second-order valence-electron chi connectivity index (χ2n) is 16.6. The zero-order valence-electron chi connectivity index (χ0n) is 31.0. The second kappa shape index (κ2) is 13.6. The van der Waals surface area contributed by atoms with Crippen LogP contribution in [0, 0.1) is 41.4 Å². The van der Waals surface area contributed by atoms with Crippen LogP contribution in [-0.4, -0.2) is 79.7 Å². The lowest BCUT2D eigenvalue weighted by molar-refractivity contribution is -0.583. The van der Waals surface area contributed by atoms with Gasteiger partial charge in [0.2, 0.25) is 17.8 Å². The molecule has 2 saturated carbocycles. The maximum Gasteiger partial charge on any atom is 0.449 e. The summed E-state index contributed by atoms with van der Waals surface area (Å²) < 4.78 is 123. The minimum absolute atomic E-state index is 0.0628. The molecule has 8 aliphatic heterocycles. The van der Waals surface area contributed by atoms with E-state index in [1.165, 1.54) is 26.0 Å². The first-order chi connectivity index (χ1) is 25.5. The number of nitrogens with zero attached hydrogens (tertiary/aromatic N) is 1. The molecule has 304 valence electrons. The Morgan fingerprint density at radius 3 is 2.26 bits per heavy atom. The largest absolute Gasteiger partial charge is 0.477 e. The molecule has 4 bridgehead atoms. The predicted octanol–water partition coefficient (Wildman–Crippen LogP) is 7.81. The van der Waals surface area contributed by atoms with Crippen molar-refractivity contribution < 1.29 is 74.3 Å². The van der Waals surface area contributed by atoms with E-state index in [1.807, 2.05) is 0 Å². The molecule has 0 aromatic carbocycles. The van der Waals surface area contributed by atoms with Gasteiger partial charge < -0.3 is 28.4 Å². The number of hydrogen-bond donors (Lipinski definition) is 0. The number of allylic oxidation sites excluding steroid dienone is 1. The molecule has 17 heteroatoms. The van der Waals surface area contributed by atoms with Gasteiger partial charge in [-0.15, -0.1) is 0 Å². The summed E-state index contributed by atoms with van der Waals surface area (Å²) in [5.74, 6) is -5.11. The van der Waals surface area contributed by atoms with Crippen LogP contribution < -0.4 is 0 Å². The van der Waals surface area contributed by atoms with Gasteiger partial charge in [-0.05, 0) is 69.3 Å². The van der Waals surface area contributed by atoms with Crippen molar-refractivity contribution in [2.45, 2.75) is 140 Å². The van der Waals surface area contributed by atoms with Gasteiger partial charge in [-0.25, -0.2) is 24.5 Å². The Bertz CT molecular complexity index is 1540. The molecule has 10 aliphatic rings. The Morgan fingerprint density at radius 1 is 0.815 bits per heavy atom. The van der Waals surface area contributed by atoms with E-state index in [-0.39, 0.29) is 48.4 Å². The van der Waals surface area contributed by atoms with Crippen LogP contribution >= 0.6 is 0 Å². The zero-order chi connectivity index (χ0) is 38.5. The smallest absolute Gasteiger partial charge is 0.449 e. The van der Waals surface area contributed by atoms with Crippen LogP contribution in [-0.2, 0) is 48.0 Å². The number of aliphatic imine (C=N–C) groups is 1. The van der Waals surface area contributed by atoms with Crippen LogP contribution in [0.3, 0.4) is 0 Å². The third kappa shape index (κ3) is 5.96. The van der Waals surface area contributed by atoms with Crippen molar-refractivity contribution in [2.24, 2.45) is 46.4 Å².